The second kappa shape index (κ2) is 8.19. The monoisotopic (exact) mass is 469 g/mol. The minimum absolute atomic E-state index is 0. The lowest BCUT2D eigenvalue weighted by atomic mass is 9.88. The third kappa shape index (κ3) is 4.31. The summed E-state index contributed by atoms with van der Waals surface area (Å²) in [6.07, 6.45) is 7.01. The van der Waals surface area contributed by atoms with Crippen LogP contribution in [0.25, 0.3) is 0 Å². The Bertz CT molecular complexity index is 967. The van der Waals surface area contributed by atoms with E-state index in [1.54, 1.807) is 11.1 Å². The highest BCUT2D eigenvalue weighted by Gasteiger charge is 2.43. The van der Waals surface area contributed by atoms with Crippen molar-refractivity contribution in [3.05, 3.63) is 22.9 Å². The molecule has 1 aromatic heterocycles. The van der Waals surface area contributed by atoms with Crippen molar-refractivity contribution < 1.29 is 17.9 Å². The lowest BCUT2D eigenvalue weighted by Gasteiger charge is -2.36. The zero-order chi connectivity index (χ0) is 21.1. The Morgan fingerprint density at radius 3 is 2.52 bits per heavy atom. The van der Waals surface area contributed by atoms with Gasteiger partial charge in [0.25, 0.3) is 5.91 Å². The fraction of sp³-hybridized carbons (Fsp3) is 0.727. The first-order chi connectivity index (χ1) is 14.2. The van der Waals surface area contributed by atoms with E-state index in [0.717, 1.165) is 44.5 Å². The van der Waals surface area contributed by atoms with Gasteiger partial charge in [0, 0.05) is 37.5 Å². The zero-order valence-electron chi connectivity index (χ0n) is 18.2. The molecule has 2 saturated heterocycles. The molecule has 3 atom stereocenters. The van der Waals surface area contributed by atoms with Gasteiger partial charge in [0.1, 0.15) is 5.82 Å². The van der Waals surface area contributed by atoms with E-state index in [1.807, 2.05) is 0 Å². The molecule has 2 aliphatic heterocycles. The van der Waals surface area contributed by atoms with Crippen molar-refractivity contribution in [2.75, 3.05) is 36.5 Å². The largest absolute Gasteiger partial charge is 0.375 e. The van der Waals surface area contributed by atoms with Crippen LogP contribution < -0.4 is 5.32 Å². The quantitative estimate of drug-likeness (QED) is 0.731. The van der Waals surface area contributed by atoms with Crippen LogP contribution in [0, 0.1) is 0 Å². The number of hydrogen-bond acceptors (Lipinski definition) is 6. The van der Waals surface area contributed by atoms with Gasteiger partial charge in [-0.05, 0) is 63.4 Å². The van der Waals surface area contributed by atoms with Crippen LogP contribution in [-0.2, 0) is 14.6 Å². The van der Waals surface area contributed by atoms with Crippen molar-refractivity contribution in [1.29, 1.82) is 0 Å². The van der Waals surface area contributed by atoms with E-state index in [4.69, 9.17) is 9.72 Å². The number of carbonyl (C=O) groups excluding carboxylic acids is 1. The Labute approximate surface area is 190 Å². The number of hydrogen-bond donors (Lipinski definition) is 1. The number of pyridine rings is 1. The van der Waals surface area contributed by atoms with Crippen molar-refractivity contribution >= 4 is 34.0 Å². The molecule has 7 nitrogen and oxygen atoms in total. The SMILES string of the molecule is CC1(C)CC(Nc2ncc(C(=O)N3CCS(=O)(=O)CC3)c3c2C2CCC3C2)CCO1.Cl. The first-order valence-corrected chi connectivity index (χ1v) is 13.0. The number of halogens is 1. The van der Waals surface area contributed by atoms with Crippen molar-refractivity contribution in [2.45, 2.75) is 69.4 Å². The maximum absolute atomic E-state index is 13.3. The maximum Gasteiger partial charge on any atom is 0.255 e. The highest BCUT2D eigenvalue weighted by molar-refractivity contribution is 7.91. The first kappa shape index (κ1) is 22.8. The average Bonchev–Trinajstić information content (AvgIpc) is 3.30. The third-order valence-corrected chi connectivity index (χ3v) is 8.92. The van der Waals surface area contributed by atoms with E-state index in [1.165, 1.54) is 11.1 Å². The van der Waals surface area contributed by atoms with Crippen molar-refractivity contribution in [3.63, 3.8) is 0 Å². The van der Waals surface area contributed by atoms with Crippen LogP contribution in [0.2, 0.25) is 0 Å². The Morgan fingerprint density at radius 2 is 1.84 bits per heavy atom. The molecule has 172 valence electrons. The Balaban J connectivity index is 0.00000231. The molecular formula is C22H32ClN3O4S. The minimum Gasteiger partial charge on any atom is -0.375 e. The van der Waals surface area contributed by atoms with Gasteiger partial charge in [-0.15, -0.1) is 12.4 Å². The predicted octanol–water partition coefficient (Wildman–Crippen LogP) is 3.11. The standard InChI is InChI=1S/C22H31N3O4S.ClH/c1-22(2)12-16(5-8-29-22)24-20-19-15-4-3-14(11-15)18(19)17(13-23-20)21(26)25-6-9-30(27,28)10-7-25;/h13-16H,3-12H2,1-2H3,(H,23,24);1H. The molecule has 2 bridgehead atoms. The van der Waals surface area contributed by atoms with Gasteiger partial charge in [-0.1, -0.05) is 0 Å². The molecule has 0 radical (unpaired) electrons. The summed E-state index contributed by atoms with van der Waals surface area (Å²) in [6.45, 7) is 5.55. The molecule has 1 aromatic rings. The molecule has 2 aliphatic carbocycles. The predicted molar refractivity (Wildman–Crippen MR) is 122 cm³/mol. The van der Waals surface area contributed by atoms with Gasteiger partial charge in [0.2, 0.25) is 0 Å². The Hall–Kier alpha value is -1.38. The van der Waals surface area contributed by atoms with Gasteiger partial charge in [0.05, 0.1) is 22.7 Å². The summed E-state index contributed by atoms with van der Waals surface area (Å²) in [5.74, 6) is 1.89. The number of fused-ring (bicyclic) bond motifs is 5. The minimum atomic E-state index is -3.01. The number of carbonyl (C=O) groups is 1. The van der Waals surface area contributed by atoms with Crippen molar-refractivity contribution in [2.24, 2.45) is 0 Å². The molecule has 4 aliphatic rings. The summed E-state index contributed by atoms with van der Waals surface area (Å²) < 4.78 is 29.4. The topological polar surface area (TPSA) is 88.6 Å². The smallest absolute Gasteiger partial charge is 0.255 e. The second-order valence-electron chi connectivity index (χ2n) is 9.94. The van der Waals surface area contributed by atoms with Crippen LogP contribution in [0.4, 0.5) is 5.82 Å². The highest BCUT2D eigenvalue weighted by atomic mass is 35.5. The van der Waals surface area contributed by atoms with Crippen LogP contribution in [-0.4, -0.2) is 67.1 Å². The molecular weight excluding hydrogens is 438 g/mol. The van der Waals surface area contributed by atoms with Gasteiger partial charge in [-0.3, -0.25) is 4.79 Å². The number of aromatic nitrogens is 1. The Morgan fingerprint density at radius 1 is 1.16 bits per heavy atom. The molecule has 3 unspecified atom stereocenters. The molecule has 1 N–H and O–H groups in total. The maximum atomic E-state index is 13.3. The van der Waals surface area contributed by atoms with Gasteiger partial charge in [0.15, 0.2) is 9.84 Å². The summed E-state index contributed by atoms with van der Waals surface area (Å²) in [5, 5.41) is 3.68. The zero-order valence-corrected chi connectivity index (χ0v) is 19.9. The van der Waals surface area contributed by atoms with E-state index in [-0.39, 0.29) is 48.5 Å². The fourth-order valence-corrected chi connectivity index (χ4v) is 7.02. The number of nitrogens with one attached hydrogen (secondary N) is 1. The third-order valence-electron chi connectivity index (χ3n) is 7.31. The van der Waals surface area contributed by atoms with Crippen LogP contribution in [0.1, 0.15) is 79.3 Å². The normalized spacial score (nSPS) is 30.4. The first-order valence-electron chi connectivity index (χ1n) is 11.2. The van der Waals surface area contributed by atoms with E-state index < -0.39 is 9.84 Å². The van der Waals surface area contributed by atoms with Gasteiger partial charge in [-0.25, -0.2) is 13.4 Å². The number of rotatable bonds is 3. The van der Waals surface area contributed by atoms with Crippen molar-refractivity contribution in [1.82, 2.24) is 9.88 Å². The van der Waals surface area contributed by atoms with E-state index >= 15 is 0 Å². The summed E-state index contributed by atoms with van der Waals surface area (Å²) >= 11 is 0. The van der Waals surface area contributed by atoms with Crippen LogP contribution in [0.3, 0.4) is 0 Å². The molecule has 31 heavy (non-hydrogen) atoms. The molecule has 9 heteroatoms. The van der Waals surface area contributed by atoms with Crippen LogP contribution in [0.15, 0.2) is 6.20 Å². The van der Waals surface area contributed by atoms with E-state index in [9.17, 15) is 13.2 Å². The number of ether oxygens (including phenoxy) is 1. The number of amides is 1. The molecule has 5 rings (SSSR count). The fourth-order valence-electron chi connectivity index (χ4n) is 5.82. The Kier molecular flexibility index (Phi) is 6.03. The second-order valence-corrected chi connectivity index (χ2v) is 12.2. The molecule has 3 fully saturated rings. The summed E-state index contributed by atoms with van der Waals surface area (Å²) in [5.41, 5.74) is 2.97. The van der Waals surface area contributed by atoms with E-state index in [2.05, 4.69) is 19.2 Å². The van der Waals surface area contributed by atoms with Gasteiger partial charge < -0.3 is 15.0 Å². The van der Waals surface area contributed by atoms with E-state index in [0.29, 0.717) is 23.4 Å². The molecule has 0 aromatic carbocycles. The van der Waals surface area contributed by atoms with Crippen molar-refractivity contribution in [3.8, 4) is 0 Å². The molecule has 0 spiro atoms. The molecule has 1 amide bonds. The number of sulfone groups is 1. The average molecular weight is 470 g/mol. The summed E-state index contributed by atoms with van der Waals surface area (Å²) in [6, 6.07) is 0.318. The molecule has 3 heterocycles. The highest BCUT2D eigenvalue weighted by Crippen LogP contribution is 2.56. The van der Waals surface area contributed by atoms with Crippen LogP contribution in [0.5, 0.6) is 0 Å². The van der Waals surface area contributed by atoms with Gasteiger partial charge in [-0.2, -0.15) is 0 Å². The number of nitrogens with zero attached hydrogens (tertiary/aromatic N) is 2. The van der Waals surface area contributed by atoms with Crippen LogP contribution >= 0.6 is 12.4 Å². The number of anilines is 1. The summed E-state index contributed by atoms with van der Waals surface area (Å²) in [4.78, 5) is 19.7. The lowest BCUT2D eigenvalue weighted by molar-refractivity contribution is -0.0553. The molecule has 1 saturated carbocycles. The van der Waals surface area contributed by atoms with Gasteiger partial charge >= 0.3 is 0 Å². The summed E-state index contributed by atoms with van der Waals surface area (Å²) in [7, 11) is -3.01. The lowest BCUT2D eigenvalue weighted by Crippen LogP contribution is -2.44.